The first-order valence-electron chi connectivity index (χ1n) is 6.15. The second-order valence-electron chi connectivity index (χ2n) is 5.50. The molecular formula is C14H19ClN2S. The molecule has 0 spiro atoms. The first-order chi connectivity index (χ1) is 8.46. The van der Waals surface area contributed by atoms with Crippen LogP contribution in [0.3, 0.4) is 0 Å². The highest BCUT2D eigenvalue weighted by Crippen LogP contribution is 2.28. The van der Waals surface area contributed by atoms with Crippen molar-refractivity contribution < 1.29 is 0 Å². The molecule has 18 heavy (non-hydrogen) atoms. The normalized spacial score (nSPS) is 20.1. The van der Waals surface area contributed by atoms with Crippen LogP contribution >= 0.6 is 23.4 Å². The topological polar surface area (TPSA) is 24.4 Å². The number of thioether (sulfide) groups is 1. The van der Waals surface area contributed by atoms with Gasteiger partial charge in [-0.25, -0.2) is 0 Å². The molecule has 0 aromatic heterocycles. The zero-order valence-corrected chi connectivity index (χ0v) is 12.6. The molecule has 1 aromatic rings. The molecule has 0 saturated heterocycles. The molecule has 1 heterocycles. The number of nitrogens with one attached hydrogen (secondary N) is 1. The predicted molar refractivity (Wildman–Crippen MR) is 81.5 cm³/mol. The van der Waals surface area contributed by atoms with E-state index in [4.69, 9.17) is 11.6 Å². The molecule has 0 radical (unpaired) electrons. The van der Waals surface area contributed by atoms with Gasteiger partial charge in [-0.2, -0.15) is 0 Å². The Hall–Kier alpha value is -0.670. The lowest BCUT2D eigenvalue weighted by molar-refractivity contribution is 0.436. The van der Waals surface area contributed by atoms with Gasteiger partial charge in [-0.05, 0) is 30.0 Å². The van der Waals surface area contributed by atoms with Gasteiger partial charge in [-0.1, -0.05) is 49.3 Å². The van der Waals surface area contributed by atoms with Crippen LogP contribution in [0, 0.1) is 5.41 Å². The number of rotatable bonds is 2. The summed E-state index contributed by atoms with van der Waals surface area (Å²) in [5.41, 5.74) is 1.51. The minimum Gasteiger partial charge on any atom is -0.358 e. The van der Waals surface area contributed by atoms with E-state index in [0.717, 1.165) is 22.5 Å². The number of nitrogens with zero attached hydrogens (tertiary/aromatic N) is 1. The van der Waals surface area contributed by atoms with Crippen molar-refractivity contribution in [2.75, 3.05) is 12.3 Å². The molecule has 0 amide bonds. The first-order valence-corrected chi connectivity index (χ1v) is 7.52. The standard InChI is InChI=1S/C14H19ClN2S/c1-10(11-5-4-6-12(15)7-11)17-13-16-8-14(2,3)9-18-13/h4-7,10H,8-9H2,1-3H3,(H,16,17). The Kier molecular flexibility index (Phi) is 4.23. The van der Waals surface area contributed by atoms with E-state index in [0.29, 0.717) is 5.41 Å². The molecule has 1 atom stereocenters. The van der Waals surface area contributed by atoms with Crippen LogP contribution in [0.15, 0.2) is 29.3 Å². The number of hydrogen-bond donors (Lipinski definition) is 1. The van der Waals surface area contributed by atoms with E-state index in [1.165, 1.54) is 5.56 Å². The number of aliphatic imine (C=N–C) groups is 1. The molecule has 2 nitrogen and oxygen atoms in total. The smallest absolute Gasteiger partial charge is 0.157 e. The van der Waals surface area contributed by atoms with Crippen molar-refractivity contribution in [3.63, 3.8) is 0 Å². The third kappa shape index (κ3) is 3.66. The number of hydrogen-bond acceptors (Lipinski definition) is 3. The van der Waals surface area contributed by atoms with Crippen LogP contribution < -0.4 is 5.32 Å². The van der Waals surface area contributed by atoms with Crippen molar-refractivity contribution in [1.82, 2.24) is 5.32 Å². The fraction of sp³-hybridized carbons (Fsp3) is 0.500. The van der Waals surface area contributed by atoms with Gasteiger partial charge in [-0.3, -0.25) is 4.99 Å². The summed E-state index contributed by atoms with van der Waals surface area (Å²) in [4.78, 5) is 4.61. The largest absolute Gasteiger partial charge is 0.358 e. The van der Waals surface area contributed by atoms with Gasteiger partial charge in [0.25, 0.3) is 0 Å². The summed E-state index contributed by atoms with van der Waals surface area (Å²) >= 11 is 7.81. The molecule has 2 rings (SSSR count). The zero-order chi connectivity index (χ0) is 13.2. The lowest BCUT2D eigenvalue weighted by atomic mass is 9.97. The van der Waals surface area contributed by atoms with Crippen LogP contribution in [0.25, 0.3) is 0 Å². The third-order valence-corrected chi connectivity index (χ3v) is 4.62. The molecular weight excluding hydrogens is 264 g/mol. The predicted octanol–water partition coefficient (Wildman–Crippen LogP) is 4.12. The SMILES string of the molecule is CC(NC1=NCC(C)(C)CS1)c1cccc(Cl)c1. The van der Waals surface area contributed by atoms with Crippen LogP contribution in [0.4, 0.5) is 0 Å². The van der Waals surface area contributed by atoms with Gasteiger partial charge in [0.15, 0.2) is 5.17 Å². The highest BCUT2D eigenvalue weighted by molar-refractivity contribution is 8.13. The quantitative estimate of drug-likeness (QED) is 0.882. The van der Waals surface area contributed by atoms with Crippen molar-refractivity contribution in [2.24, 2.45) is 10.4 Å². The maximum atomic E-state index is 6.01. The molecule has 4 heteroatoms. The number of amidine groups is 1. The average molecular weight is 283 g/mol. The molecule has 1 N–H and O–H groups in total. The van der Waals surface area contributed by atoms with Gasteiger partial charge in [0.05, 0.1) is 6.04 Å². The van der Waals surface area contributed by atoms with E-state index in [1.807, 2.05) is 18.2 Å². The molecule has 0 aliphatic carbocycles. The summed E-state index contributed by atoms with van der Waals surface area (Å²) in [6.07, 6.45) is 0. The lowest BCUT2D eigenvalue weighted by Crippen LogP contribution is -2.32. The zero-order valence-electron chi connectivity index (χ0n) is 11.0. The van der Waals surface area contributed by atoms with Gasteiger partial charge < -0.3 is 5.32 Å². The molecule has 1 aliphatic heterocycles. The molecule has 1 aromatic carbocycles. The van der Waals surface area contributed by atoms with Crippen LogP contribution in [-0.4, -0.2) is 17.5 Å². The Morgan fingerprint density at radius 1 is 1.44 bits per heavy atom. The van der Waals surface area contributed by atoms with Crippen LogP contribution in [0.1, 0.15) is 32.4 Å². The minimum absolute atomic E-state index is 0.233. The summed E-state index contributed by atoms with van der Waals surface area (Å²) < 4.78 is 0. The van der Waals surface area contributed by atoms with Gasteiger partial charge >= 0.3 is 0 Å². The fourth-order valence-electron chi connectivity index (χ4n) is 1.77. The molecule has 1 aliphatic rings. The summed E-state index contributed by atoms with van der Waals surface area (Å²) in [5.74, 6) is 1.11. The maximum Gasteiger partial charge on any atom is 0.157 e. The molecule has 0 fully saturated rings. The Labute approximate surface area is 118 Å². The summed E-state index contributed by atoms with van der Waals surface area (Å²) in [6.45, 7) is 7.53. The second-order valence-corrected chi connectivity index (χ2v) is 6.90. The highest BCUT2D eigenvalue weighted by atomic mass is 35.5. The van der Waals surface area contributed by atoms with Crippen molar-refractivity contribution >= 4 is 28.5 Å². The Bertz CT molecular complexity index is 457. The number of benzene rings is 1. The summed E-state index contributed by atoms with van der Waals surface area (Å²) in [5, 5.41) is 5.28. The first kappa shape index (κ1) is 13.8. The summed E-state index contributed by atoms with van der Waals surface area (Å²) in [6, 6.07) is 8.19. The average Bonchev–Trinajstić information content (AvgIpc) is 2.32. The van der Waals surface area contributed by atoms with E-state index in [2.05, 4.69) is 37.1 Å². The third-order valence-electron chi connectivity index (χ3n) is 2.94. The Morgan fingerprint density at radius 2 is 2.22 bits per heavy atom. The highest BCUT2D eigenvalue weighted by Gasteiger charge is 2.24. The lowest BCUT2D eigenvalue weighted by Gasteiger charge is -2.28. The Balaban J connectivity index is 2.00. The van der Waals surface area contributed by atoms with E-state index in [1.54, 1.807) is 11.8 Å². The second kappa shape index (κ2) is 5.54. The van der Waals surface area contributed by atoms with Gasteiger partial charge in [0.2, 0.25) is 0 Å². The van der Waals surface area contributed by atoms with E-state index < -0.39 is 0 Å². The minimum atomic E-state index is 0.233. The molecule has 0 saturated carbocycles. The van der Waals surface area contributed by atoms with Crippen LogP contribution in [-0.2, 0) is 0 Å². The van der Waals surface area contributed by atoms with Crippen LogP contribution in [0.5, 0.6) is 0 Å². The van der Waals surface area contributed by atoms with E-state index in [-0.39, 0.29) is 6.04 Å². The van der Waals surface area contributed by atoms with Gasteiger partial charge in [0.1, 0.15) is 0 Å². The molecule has 98 valence electrons. The Morgan fingerprint density at radius 3 is 2.83 bits per heavy atom. The molecule has 1 unspecified atom stereocenters. The summed E-state index contributed by atoms with van der Waals surface area (Å²) in [7, 11) is 0. The van der Waals surface area contributed by atoms with E-state index in [9.17, 15) is 0 Å². The van der Waals surface area contributed by atoms with Crippen molar-refractivity contribution in [3.05, 3.63) is 34.9 Å². The fourth-order valence-corrected chi connectivity index (χ4v) is 3.01. The molecule has 0 bridgehead atoms. The van der Waals surface area contributed by atoms with Gasteiger partial charge in [0, 0.05) is 17.3 Å². The number of halogens is 1. The van der Waals surface area contributed by atoms with Crippen molar-refractivity contribution in [1.29, 1.82) is 0 Å². The van der Waals surface area contributed by atoms with Crippen LogP contribution in [0.2, 0.25) is 5.02 Å². The van der Waals surface area contributed by atoms with E-state index >= 15 is 0 Å². The van der Waals surface area contributed by atoms with Gasteiger partial charge in [-0.15, -0.1) is 0 Å². The van der Waals surface area contributed by atoms with Crippen molar-refractivity contribution in [2.45, 2.75) is 26.8 Å². The maximum absolute atomic E-state index is 6.01. The monoisotopic (exact) mass is 282 g/mol. The van der Waals surface area contributed by atoms with Crippen molar-refractivity contribution in [3.8, 4) is 0 Å².